The molecule has 0 heterocycles. The molecule has 2 unspecified atom stereocenters. The third kappa shape index (κ3) is 6.88. The molecule has 0 radical (unpaired) electrons. The molecule has 312 valence electrons. The first-order valence-corrected chi connectivity index (χ1v) is 22.8. The Kier molecular flexibility index (Phi) is 10.2. The van der Waals surface area contributed by atoms with Crippen LogP contribution >= 0.6 is 0 Å². The first-order chi connectivity index (χ1) is 30.5. The van der Waals surface area contributed by atoms with Crippen molar-refractivity contribution in [3.05, 3.63) is 233 Å². The van der Waals surface area contributed by atoms with Crippen molar-refractivity contribution in [2.75, 3.05) is 4.90 Å². The second-order valence-corrected chi connectivity index (χ2v) is 19.1. The van der Waals surface area contributed by atoms with E-state index in [-0.39, 0.29) is 5.41 Å². The largest absolute Gasteiger partial charge is 0.457 e. The van der Waals surface area contributed by atoms with Gasteiger partial charge in [-0.25, -0.2) is 0 Å². The number of hydrogen-bond acceptors (Lipinski definition) is 2. The molecule has 8 aromatic carbocycles. The zero-order valence-corrected chi connectivity index (χ0v) is 37.7. The zero-order valence-electron chi connectivity index (χ0n) is 37.7. The highest BCUT2D eigenvalue weighted by molar-refractivity contribution is 5.90. The molecule has 2 nitrogen and oxygen atoms in total. The summed E-state index contributed by atoms with van der Waals surface area (Å²) in [7, 11) is 0. The van der Waals surface area contributed by atoms with E-state index in [1.54, 1.807) is 0 Å². The van der Waals surface area contributed by atoms with Gasteiger partial charge in [-0.3, -0.25) is 0 Å². The van der Waals surface area contributed by atoms with E-state index in [0.717, 1.165) is 28.6 Å². The number of aryl methyl sites for hydroxylation is 1. The molecule has 0 spiro atoms. The molecule has 0 saturated heterocycles. The standard InChI is InChI=1S/C61H57NO/c1-40(2)37-55(41(3)4)43-23-31-49(32-24-43)63-50-33-27-45(28-34-50)61(44-25-21-42(5)22-26-44)57-20-14-12-18-52(57)54-36-30-48(39-59(54)61)62(46-15-9-8-10-16-46)47-29-35-53-51-17-11-13-19-56(51)60(6,7)58(53)38-47/h8-36,38-41,55H,37H2,1-7H3. The van der Waals surface area contributed by atoms with E-state index in [9.17, 15) is 0 Å². The maximum absolute atomic E-state index is 6.57. The number of nitrogens with zero attached hydrogens (tertiary/aromatic N) is 1. The topological polar surface area (TPSA) is 12.5 Å². The molecule has 0 aliphatic heterocycles. The SMILES string of the molecule is Cc1ccc(C2(c3ccc(Oc4ccc(C(CC(C)C)C(C)C)cc4)cc3)c3ccccc3-c3ccc(N(c4ccccc4)c4ccc5c(c4)C(C)(C)c4ccccc4-5)cc32)cc1. The first-order valence-electron chi connectivity index (χ1n) is 22.8. The maximum atomic E-state index is 6.57. The predicted octanol–water partition coefficient (Wildman–Crippen LogP) is 16.7. The Balaban J connectivity index is 1.10. The van der Waals surface area contributed by atoms with Gasteiger partial charge in [0.25, 0.3) is 0 Å². The molecule has 0 amide bonds. The quantitative estimate of drug-likeness (QED) is 0.129. The second-order valence-electron chi connectivity index (χ2n) is 19.1. The van der Waals surface area contributed by atoms with E-state index in [1.807, 2.05) is 0 Å². The highest BCUT2D eigenvalue weighted by Gasteiger charge is 2.46. The summed E-state index contributed by atoms with van der Waals surface area (Å²) in [6, 6.07) is 69.8. The average Bonchev–Trinajstić information content (AvgIpc) is 3.72. The van der Waals surface area contributed by atoms with Crippen LogP contribution in [0.4, 0.5) is 17.1 Å². The monoisotopic (exact) mass is 819 g/mol. The number of ether oxygens (including phenoxy) is 1. The van der Waals surface area contributed by atoms with Crippen LogP contribution in [0.2, 0.25) is 0 Å². The molecule has 63 heavy (non-hydrogen) atoms. The van der Waals surface area contributed by atoms with Crippen LogP contribution in [-0.2, 0) is 10.8 Å². The molecule has 2 atom stereocenters. The lowest BCUT2D eigenvalue weighted by molar-refractivity contribution is 0.407. The van der Waals surface area contributed by atoms with Gasteiger partial charge in [0.15, 0.2) is 0 Å². The third-order valence-corrected chi connectivity index (χ3v) is 14.0. The summed E-state index contributed by atoms with van der Waals surface area (Å²) >= 11 is 0. The van der Waals surface area contributed by atoms with Gasteiger partial charge in [-0.05, 0) is 153 Å². The maximum Gasteiger partial charge on any atom is 0.127 e. The number of fused-ring (bicyclic) bond motifs is 6. The van der Waals surface area contributed by atoms with E-state index < -0.39 is 5.41 Å². The molecule has 0 aromatic heterocycles. The summed E-state index contributed by atoms with van der Waals surface area (Å²) in [6.07, 6.45) is 1.18. The van der Waals surface area contributed by atoms with Crippen molar-refractivity contribution in [1.82, 2.24) is 0 Å². The lowest BCUT2D eigenvalue weighted by Gasteiger charge is -2.35. The van der Waals surface area contributed by atoms with Crippen LogP contribution in [-0.4, -0.2) is 0 Å². The van der Waals surface area contributed by atoms with Crippen LogP contribution in [0.3, 0.4) is 0 Å². The van der Waals surface area contributed by atoms with Crippen molar-refractivity contribution < 1.29 is 4.74 Å². The summed E-state index contributed by atoms with van der Waals surface area (Å²) in [5, 5.41) is 0. The fourth-order valence-corrected chi connectivity index (χ4v) is 10.8. The van der Waals surface area contributed by atoms with Crippen LogP contribution < -0.4 is 9.64 Å². The summed E-state index contributed by atoms with van der Waals surface area (Å²) in [4.78, 5) is 2.44. The van der Waals surface area contributed by atoms with Crippen molar-refractivity contribution in [2.24, 2.45) is 11.8 Å². The van der Waals surface area contributed by atoms with Crippen molar-refractivity contribution in [2.45, 2.75) is 71.6 Å². The molecule has 0 bridgehead atoms. The van der Waals surface area contributed by atoms with Crippen LogP contribution in [0.25, 0.3) is 22.3 Å². The second kappa shape index (κ2) is 15.9. The van der Waals surface area contributed by atoms with Gasteiger partial charge in [0.05, 0.1) is 5.41 Å². The summed E-state index contributed by atoms with van der Waals surface area (Å²) in [6.45, 7) is 16.2. The number of anilines is 3. The number of para-hydroxylation sites is 1. The Morgan fingerprint density at radius 3 is 1.56 bits per heavy atom. The fraction of sp³-hybridized carbons (Fsp3) is 0.213. The van der Waals surface area contributed by atoms with Crippen LogP contribution in [0.5, 0.6) is 11.5 Å². The zero-order chi connectivity index (χ0) is 43.5. The predicted molar refractivity (Wildman–Crippen MR) is 264 cm³/mol. The van der Waals surface area contributed by atoms with Crippen LogP contribution in [0.1, 0.15) is 98.4 Å². The minimum Gasteiger partial charge on any atom is -0.457 e. The summed E-state index contributed by atoms with van der Waals surface area (Å²) in [5.74, 6) is 3.45. The van der Waals surface area contributed by atoms with Gasteiger partial charge in [-0.15, -0.1) is 0 Å². The van der Waals surface area contributed by atoms with Crippen molar-refractivity contribution in [3.8, 4) is 33.8 Å². The van der Waals surface area contributed by atoms with E-state index >= 15 is 0 Å². The smallest absolute Gasteiger partial charge is 0.127 e. The summed E-state index contributed by atoms with van der Waals surface area (Å²) < 4.78 is 6.57. The van der Waals surface area contributed by atoms with Gasteiger partial charge in [-0.1, -0.05) is 174 Å². The van der Waals surface area contributed by atoms with Gasteiger partial charge in [0.1, 0.15) is 11.5 Å². The first kappa shape index (κ1) is 40.4. The van der Waals surface area contributed by atoms with Crippen molar-refractivity contribution in [3.63, 3.8) is 0 Å². The van der Waals surface area contributed by atoms with Crippen LogP contribution in [0.15, 0.2) is 188 Å². The minimum absolute atomic E-state index is 0.117. The normalized spacial score (nSPS) is 16.0. The molecular formula is C61H57NO. The lowest BCUT2D eigenvalue weighted by Crippen LogP contribution is -2.28. The molecule has 0 N–H and O–H groups in total. The molecule has 10 rings (SSSR count). The number of rotatable bonds is 11. The molecule has 2 heteroatoms. The minimum atomic E-state index is -0.581. The van der Waals surface area contributed by atoms with Crippen LogP contribution in [0, 0.1) is 18.8 Å². The van der Waals surface area contributed by atoms with Gasteiger partial charge < -0.3 is 9.64 Å². The van der Waals surface area contributed by atoms with E-state index in [0.29, 0.717) is 17.8 Å². The average molecular weight is 820 g/mol. The molecule has 0 fully saturated rings. The van der Waals surface area contributed by atoms with Gasteiger partial charge in [-0.2, -0.15) is 0 Å². The van der Waals surface area contributed by atoms with Gasteiger partial charge in [0.2, 0.25) is 0 Å². The van der Waals surface area contributed by atoms with E-state index in [1.165, 1.54) is 73.2 Å². The molecule has 2 aliphatic carbocycles. The Hall–Kier alpha value is -6.64. The molecule has 8 aromatic rings. The Labute approximate surface area is 374 Å². The van der Waals surface area contributed by atoms with Crippen molar-refractivity contribution in [1.29, 1.82) is 0 Å². The van der Waals surface area contributed by atoms with Crippen molar-refractivity contribution >= 4 is 17.1 Å². The lowest BCUT2D eigenvalue weighted by atomic mass is 9.67. The van der Waals surface area contributed by atoms with E-state index in [2.05, 4.69) is 241 Å². The highest BCUT2D eigenvalue weighted by Crippen LogP contribution is 2.58. The Bertz CT molecular complexity index is 2920. The molecular weight excluding hydrogens is 763 g/mol. The van der Waals surface area contributed by atoms with Gasteiger partial charge >= 0.3 is 0 Å². The third-order valence-electron chi connectivity index (χ3n) is 14.0. The number of benzene rings is 8. The summed E-state index contributed by atoms with van der Waals surface area (Å²) in [5.41, 5.74) is 18.2. The number of hydrogen-bond donors (Lipinski definition) is 0. The Morgan fingerprint density at radius 2 is 0.952 bits per heavy atom. The Morgan fingerprint density at radius 1 is 0.460 bits per heavy atom. The van der Waals surface area contributed by atoms with E-state index in [4.69, 9.17) is 4.74 Å². The molecule has 2 aliphatic rings. The fourth-order valence-electron chi connectivity index (χ4n) is 10.8. The molecule has 0 saturated carbocycles. The highest BCUT2D eigenvalue weighted by atomic mass is 16.5. The van der Waals surface area contributed by atoms with Gasteiger partial charge in [0, 0.05) is 22.5 Å².